The van der Waals surface area contributed by atoms with E-state index in [1.165, 1.54) is 18.2 Å². The van der Waals surface area contributed by atoms with Crippen LogP contribution in [0.3, 0.4) is 0 Å². The van der Waals surface area contributed by atoms with Crippen LogP contribution in [0, 0.1) is 0 Å². The number of fused-ring (bicyclic) bond motifs is 1. The van der Waals surface area contributed by atoms with E-state index < -0.39 is 31.3 Å². The van der Waals surface area contributed by atoms with E-state index in [1.54, 1.807) is 20.8 Å². The molecule has 1 aliphatic heterocycles. The third kappa shape index (κ3) is 3.78. The van der Waals surface area contributed by atoms with Gasteiger partial charge in [0.05, 0.1) is 6.04 Å². The molecular weight excluding hydrogens is 296 g/mol. The summed E-state index contributed by atoms with van der Waals surface area (Å²) < 4.78 is 62.4. The van der Waals surface area contributed by atoms with Gasteiger partial charge in [-0.15, -0.1) is 0 Å². The third-order valence-corrected chi connectivity index (χ3v) is 2.87. The lowest BCUT2D eigenvalue weighted by molar-refractivity contribution is -0.0499. The molecule has 0 aromatic heterocycles. The Labute approximate surface area is 132 Å². The largest absolute Gasteiger partial charge is 0.491 e. The van der Waals surface area contributed by atoms with Crippen LogP contribution in [0.15, 0.2) is 18.2 Å². The number of rotatable bonds is 3. The topological polar surface area (TPSA) is 48.0 Å². The highest BCUT2D eigenvalue weighted by Gasteiger charge is 2.33. The molecule has 0 N–H and O–H groups in total. The first kappa shape index (κ1) is 12.5. The number of benzene rings is 1. The highest BCUT2D eigenvalue weighted by molar-refractivity contribution is 5.69. The number of hydrogen-bond acceptors (Lipinski definition) is 4. The molecule has 1 atom stereocenters. The van der Waals surface area contributed by atoms with E-state index in [-0.39, 0.29) is 18.1 Å². The molecule has 5 nitrogen and oxygen atoms in total. The number of nitrogens with zero attached hydrogens (tertiary/aromatic N) is 1. The van der Waals surface area contributed by atoms with Gasteiger partial charge in [0.1, 0.15) is 23.7 Å². The lowest BCUT2D eigenvalue weighted by atomic mass is 10.1. The second-order valence-corrected chi connectivity index (χ2v) is 5.76. The molecule has 0 fully saturated rings. The fraction of sp³-hybridized carbons (Fsp3) is 0.533. The molecule has 0 saturated carbocycles. The first-order valence-corrected chi connectivity index (χ1v) is 6.62. The van der Waals surface area contributed by atoms with E-state index in [0.29, 0.717) is 10.5 Å². The highest BCUT2D eigenvalue weighted by atomic mass is 19.3. The molecular formula is C15H19F2NO4. The molecule has 22 heavy (non-hydrogen) atoms. The van der Waals surface area contributed by atoms with Crippen LogP contribution in [0.4, 0.5) is 13.6 Å². The average Bonchev–Trinajstić information content (AvgIpc) is 2.77. The summed E-state index contributed by atoms with van der Waals surface area (Å²) in [5.74, 6) is 0.0630. The number of likely N-dealkylation sites (N-methyl/N-ethyl adjacent to an activating group) is 1. The van der Waals surface area contributed by atoms with Gasteiger partial charge in [0.2, 0.25) is 0 Å². The Kier molecular flexibility index (Phi) is 3.40. The molecule has 0 saturated heterocycles. The first-order chi connectivity index (χ1) is 11.4. The van der Waals surface area contributed by atoms with E-state index in [1.807, 2.05) is 0 Å². The smallest absolute Gasteiger partial charge is 0.410 e. The van der Waals surface area contributed by atoms with Gasteiger partial charge < -0.3 is 19.1 Å². The Balaban J connectivity index is 2.32. The molecule has 1 amide bonds. The molecule has 1 aromatic rings. The minimum atomic E-state index is -2.99. The zero-order valence-electron chi connectivity index (χ0n) is 15.4. The molecule has 0 aliphatic carbocycles. The maximum atomic E-state index is 12.4. The maximum Gasteiger partial charge on any atom is 0.410 e. The van der Waals surface area contributed by atoms with Gasteiger partial charge in [0.25, 0.3) is 0 Å². The van der Waals surface area contributed by atoms with Gasteiger partial charge in [-0.25, -0.2) is 4.79 Å². The summed E-state index contributed by atoms with van der Waals surface area (Å²) in [6.45, 7) is -1.03. The Bertz CT molecular complexity index is 647. The Hall–Kier alpha value is -2.05. The predicted molar refractivity (Wildman–Crippen MR) is 75.3 cm³/mol. The normalized spacial score (nSPS) is 19.5. The number of ether oxygens (including phenoxy) is 3. The third-order valence-electron chi connectivity index (χ3n) is 2.87. The summed E-state index contributed by atoms with van der Waals surface area (Å²) in [6, 6.07) is 2.96. The molecule has 0 bridgehead atoms. The van der Waals surface area contributed by atoms with Gasteiger partial charge in [-0.2, -0.15) is 8.78 Å². The van der Waals surface area contributed by atoms with E-state index >= 15 is 0 Å². The molecule has 1 unspecified atom stereocenters. The van der Waals surface area contributed by atoms with Crippen molar-refractivity contribution in [1.82, 2.24) is 4.90 Å². The number of carbonyl (C=O) groups is 1. The second-order valence-electron chi connectivity index (χ2n) is 5.76. The molecule has 7 heteroatoms. The van der Waals surface area contributed by atoms with Crippen molar-refractivity contribution < 1.29 is 31.9 Å². The standard InChI is InChI=1S/C15H19F2NO4/c1-15(2,3)22-14(19)18(4)11-8-20-12-7-9(21-13(16)17)5-6-10(11)12/h5-7,11,13H,8H2,1-4H3/i4D3. The van der Waals surface area contributed by atoms with Gasteiger partial charge in [-0.05, 0) is 32.9 Å². The molecule has 2 rings (SSSR count). The van der Waals surface area contributed by atoms with Gasteiger partial charge in [-0.1, -0.05) is 0 Å². The van der Waals surface area contributed by atoms with Crippen LogP contribution in [0.5, 0.6) is 11.5 Å². The van der Waals surface area contributed by atoms with E-state index in [9.17, 15) is 13.6 Å². The summed E-state index contributed by atoms with van der Waals surface area (Å²) >= 11 is 0. The summed E-state index contributed by atoms with van der Waals surface area (Å²) in [4.78, 5) is 13.0. The Morgan fingerprint density at radius 3 is 2.82 bits per heavy atom. The van der Waals surface area contributed by atoms with Crippen molar-refractivity contribution >= 4 is 6.09 Å². The van der Waals surface area contributed by atoms with Crippen molar-refractivity contribution in [3.8, 4) is 11.5 Å². The fourth-order valence-electron chi connectivity index (χ4n) is 2.00. The van der Waals surface area contributed by atoms with Crippen molar-refractivity contribution in [3.63, 3.8) is 0 Å². The number of amides is 1. The monoisotopic (exact) mass is 318 g/mol. The van der Waals surface area contributed by atoms with Gasteiger partial charge in [0.15, 0.2) is 0 Å². The van der Waals surface area contributed by atoms with Gasteiger partial charge in [-0.3, -0.25) is 0 Å². The summed E-state index contributed by atoms with van der Waals surface area (Å²) in [5.41, 5.74) is -0.499. The average molecular weight is 318 g/mol. The summed E-state index contributed by atoms with van der Waals surface area (Å²) in [7, 11) is 0. The molecule has 0 radical (unpaired) electrons. The minimum Gasteiger partial charge on any atom is -0.491 e. The Morgan fingerprint density at radius 2 is 2.23 bits per heavy atom. The first-order valence-electron chi connectivity index (χ1n) is 8.12. The number of carbonyl (C=O) groups excluding carboxylic acids is 1. The van der Waals surface area contributed by atoms with Crippen LogP contribution in [-0.2, 0) is 4.74 Å². The summed E-state index contributed by atoms with van der Waals surface area (Å²) in [6.07, 6.45) is -1.01. The van der Waals surface area contributed by atoms with E-state index in [4.69, 9.17) is 13.6 Å². The van der Waals surface area contributed by atoms with Crippen LogP contribution >= 0.6 is 0 Å². The molecule has 1 heterocycles. The van der Waals surface area contributed by atoms with E-state index in [0.717, 1.165) is 0 Å². The molecule has 1 aliphatic rings. The Morgan fingerprint density at radius 1 is 1.50 bits per heavy atom. The molecule has 1 aromatic carbocycles. The van der Waals surface area contributed by atoms with Crippen LogP contribution in [0.1, 0.15) is 36.5 Å². The SMILES string of the molecule is [2H]C([2H])([2H])N(C(=O)OC(C)(C)C)C1COc2cc(OC(F)F)ccc21. The quantitative estimate of drug-likeness (QED) is 0.854. The van der Waals surface area contributed by atoms with Crippen molar-refractivity contribution in [2.24, 2.45) is 0 Å². The second kappa shape index (κ2) is 5.98. The highest BCUT2D eigenvalue weighted by Crippen LogP contribution is 2.38. The van der Waals surface area contributed by atoms with Crippen LogP contribution < -0.4 is 9.47 Å². The summed E-state index contributed by atoms with van der Waals surface area (Å²) in [5, 5.41) is 0. The van der Waals surface area contributed by atoms with E-state index in [2.05, 4.69) is 4.74 Å². The van der Waals surface area contributed by atoms with Crippen LogP contribution in [0.25, 0.3) is 0 Å². The number of hydrogen-bond donors (Lipinski definition) is 0. The van der Waals surface area contributed by atoms with Crippen LogP contribution in [0.2, 0.25) is 0 Å². The van der Waals surface area contributed by atoms with Crippen molar-refractivity contribution in [3.05, 3.63) is 23.8 Å². The maximum absolute atomic E-state index is 12.4. The van der Waals surface area contributed by atoms with Crippen LogP contribution in [-0.4, -0.2) is 36.8 Å². The van der Waals surface area contributed by atoms with Gasteiger partial charge in [0, 0.05) is 22.7 Å². The van der Waals surface area contributed by atoms with Crippen molar-refractivity contribution in [2.45, 2.75) is 39.0 Å². The van der Waals surface area contributed by atoms with Crippen molar-refractivity contribution in [2.75, 3.05) is 13.6 Å². The number of halogens is 2. The van der Waals surface area contributed by atoms with Gasteiger partial charge >= 0.3 is 12.7 Å². The zero-order valence-corrected chi connectivity index (χ0v) is 12.4. The predicted octanol–water partition coefficient (Wildman–Crippen LogP) is 3.59. The lowest BCUT2D eigenvalue weighted by Gasteiger charge is -2.28. The lowest BCUT2D eigenvalue weighted by Crippen LogP contribution is -2.37. The zero-order chi connectivity index (χ0) is 19.0. The minimum absolute atomic E-state index is 0.118. The molecule has 0 spiro atoms. The number of alkyl halides is 2. The molecule has 122 valence electrons. The van der Waals surface area contributed by atoms with Crippen molar-refractivity contribution in [1.29, 1.82) is 0 Å². The fourth-order valence-corrected chi connectivity index (χ4v) is 2.00.